The van der Waals surface area contributed by atoms with Crippen LogP contribution in [0.15, 0.2) is 72.8 Å². The number of carbonyl (C=O) groups excluding carboxylic acids is 4. The van der Waals surface area contributed by atoms with Gasteiger partial charge in [-0.1, -0.05) is 19.3 Å². The lowest BCUT2D eigenvalue weighted by Gasteiger charge is -2.39. The van der Waals surface area contributed by atoms with Gasteiger partial charge in [0.2, 0.25) is 0 Å². The molecule has 0 unspecified atom stereocenters. The van der Waals surface area contributed by atoms with Crippen LogP contribution < -0.4 is 0 Å². The van der Waals surface area contributed by atoms with Crippen LogP contribution in [-0.4, -0.2) is 119 Å². The maximum Gasteiger partial charge on any atom is 0.172 e. The second-order valence-electron chi connectivity index (χ2n) is 25.0. The summed E-state index contributed by atoms with van der Waals surface area (Å²) in [7, 11) is 0. The quantitative estimate of drug-likeness (QED) is 0.0883. The Hall–Kier alpha value is -6.91. The van der Waals surface area contributed by atoms with Gasteiger partial charge in [-0.15, -0.1) is 11.6 Å². The SMILES string of the molecule is C[C@@H]1CCC[C@H](C)N1CCCl.C[C@@H]1CCC[C@H](C)N1CCn1c2ccc(F)cc2c2c3c(c4c5cc(F)ccc5[nH]c4c21)C(=O)CC3=O.C[C@@H]1CCC[C@H](C)N1CCn1c2ccc(F)cc2c2c3c(c4c5cc(F)ccc5[nH]c4c21)C(=O)CC3=O. The van der Waals surface area contributed by atoms with Crippen molar-refractivity contribution < 1.29 is 36.7 Å². The van der Waals surface area contributed by atoms with Crippen molar-refractivity contribution in [3.63, 3.8) is 0 Å². The van der Waals surface area contributed by atoms with E-state index in [9.17, 15) is 36.7 Å². The van der Waals surface area contributed by atoms with Gasteiger partial charge in [-0.05, 0) is 153 Å². The fraction of sp³-hybridized carbons (Fsp3) is 0.420. The number of likely N-dealkylation sites (tertiary alicyclic amines) is 3. The molecule has 16 heteroatoms. The Kier molecular flexibility index (Phi) is 15.1. The summed E-state index contributed by atoms with van der Waals surface area (Å²) in [4.78, 5) is 67.3. The molecular weight excluding hydrogens is 1100 g/mol. The number of fused-ring (bicyclic) bond motifs is 20. The summed E-state index contributed by atoms with van der Waals surface area (Å²) in [5.74, 6) is -1.91. The summed E-state index contributed by atoms with van der Waals surface area (Å²) in [5, 5.41) is 4.80. The molecular formula is C69H72ClF4N7O4. The third kappa shape index (κ3) is 9.66. The smallest absolute Gasteiger partial charge is 0.172 e. The molecule has 5 aliphatic rings. The van der Waals surface area contributed by atoms with Gasteiger partial charge in [0.1, 0.15) is 23.3 Å². The molecule has 3 saturated heterocycles. The Morgan fingerprint density at radius 1 is 0.412 bits per heavy atom. The molecule has 11 nitrogen and oxygen atoms in total. The van der Waals surface area contributed by atoms with E-state index in [1.165, 1.54) is 80.6 Å². The number of piperidine rings is 3. The first kappa shape index (κ1) is 57.2. The van der Waals surface area contributed by atoms with E-state index >= 15 is 0 Å². The van der Waals surface area contributed by atoms with E-state index in [2.05, 4.69) is 75.3 Å². The Balaban J connectivity index is 0.000000134. The first-order valence-electron chi connectivity index (χ1n) is 30.6. The zero-order valence-electron chi connectivity index (χ0n) is 49.2. The van der Waals surface area contributed by atoms with Crippen molar-refractivity contribution >= 4 is 122 Å². The fourth-order valence-electron chi connectivity index (χ4n) is 15.9. The Bertz CT molecular complexity index is 4110. The van der Waals surface area contributed by atoms with Crippen molar-refractivity contribution in [2.75, 3.05) is 25.5 Å². The molecule has 0 bridgehead atoms. The van der Waals surface area contributed by atoms with Crippen LogP contribution in [0.3, 0.4) is 0 Å². The summed E-state index contributed by atoms with van der Waals surface area (Å²) >= 11 is 5.72. The maximum absolute atomic E-state index is 14.6. The number of hydrogen-bond acceptors (Lipinski definition) is 7. The number of H-pyrrole nitrogens is 2. The highest BCUT2D eigenvalue weighted by Gasteiger charge is 2.39. The van der Waals surface area contributed by atoms with E-state index in [0.29, 0.717) is 125 Å². The van der Waals surface area contributed by atoms with E-state index in [-0.39, 0.29) is 36.0 Å². The summed E-state index contributed by atoms with van der Waals surface area (Å²) in [6.07, 6.45) is 10.7. The summed E-state index contributed by atoms with van der Waals surface area (Å²) in [6, 6.07) is 21.6. The lowest BCUT2D eigenvalue weighted by Crippen LogP contribution is -2.45. The predicted molar refractivity (Wildman–Crippen MR) is 333 cm³/mol. The second-order valence-corrected chi connectivity index (χ2v) is 25.4. The van der Waals surface area contributed by atoms with Gasteiger partial charge in [0.15, 0.2) is 23.1 Å². The largest absolute Gasteiger partial charge is 0.353 e. The van der Waals surface area contributed by atoms with E-state index in [4.69, 9.17) is 11.6 Å². The molecule has 0 radical (unpaired) electrons. The van der Waals surface area contributed by atoms with E-state index in [1.807, 2.05) is 0 Å². The molecule has 4 aromatic heterocycles. The van der Waals surface area contributed by atoms with Crippen LogP contribution in [0.25, 0.3) is 87.2 Å². The second kappa shape index (κ2) is 22.4. The number of carbonyl (C=O) groups is 4. The number of ketones is 4. The fourth-order valence-corrected chi connectivity index (χ4v) is 16.1. The Morgan fingerprint density at radius 3 is 1.06 bits per heavy atom. The Labute approximate surface area is 495 Å². The van der Waals surface area contributed by atoms with Crippen LogP contribution in [0.4, 0.5) is 17.6 Å². The maximum atomic E-state index is 14.6. The number of Topliss-reactive ketones (excluding diaryl/α,β-unsaturated/α-hetero) is 4. The first-order valence-corrected chi connectivity index (χ1v) is 31.2. The first-order chi connectivity index (χ1) is 40.9. The monoisotopic (exact) mass is 1170 g/mol. The minimum absolute atomic E-state index is 0.226. The van der Waals surface area contributed by atoms with Gasteiger partial charge in [0.05, 0.1) is 34.9 Å². The molecule has 3 fully saturated rings. The number of rotatable bonds is 8. The molecule has 3 aliphatic heterocycles. The van der Waals surface area contributed by atoms with Gasteiger partial charge in [-0.3, -0.25) is 33.9 Å². The van der Waals surface area contributed by atoms with Crippen LogP contribution in [0.5, 0.6) is 0 Å². The third-order valence-electron chi connectivity index (χ3n) is 19.9. The average molecular weight is 1170 g/mol. The van der Waals surface area contributed by atoms with Crippen LogP contribution >= 0.6 is 11.6 Å². The molecule has 0 saturated carbocycles. The van der Waals surface area contributed by atoms with Gasteiger partial charge >= 0.3 is 0 Å². The summed E-state index contributed by atoms with van der Waals surface area (Å²) in [5.41, 5.74) is 7.27. The lowest BCUT2D eigenvalue weighted by atomic mass is 9.96. The molecule has 2 N–H and O–H groups in total. The minimum atomic E-state index is -0.408. The molecule has 15 rings (SSSR count). The van der Waals surface area contributed by atoms with Crippen LogP contribution in [0.1, 0.15) is 154 Å². The third-order valence-corrected chi connectivity index (χ3v) is 20.1. The highest BCUT2D eigenvalue weighted by Crippen LogP contribution is 2.48. The average Bonchev–Trinajstić information content (AvgIpc) is 1.56. The van der Waals surface area contributed by atoms with Gasteiger partial charge in [0.25, 0.3) is 0 Å². The van der Waals surface area contributed by atoms with E-state index in [1.54, 1.807) is 24.3 Å². The predicted octanol–water partition coefficient (Wildman–Crippen LogP) is 16.0. The van der Waals surface area contributed by atoms with Gasteiger partial charge in [-0.2, -0.15) is 0 Å². The topological polar surface area (TPSA) is 119 Å². The number of nitrogens with one attached hydrogen (secondary N) is 2. The molecule has 0 spiro atoms. The number of benzene rings is 6. The molecule has 85 heavy (non-hydrogen) atoms. The number of alkyl halides is 1. The van der Waals surface area contributed by atoms with Crippen molar-refractivity contribution in [2.24, 2.45) is 0 Å². The highest BCUT2D eigenvalue weighted by atomic mass is 35.5. The van der Waals surface area contributed by atoms with Crippen LogP contribution in [-0.2, 0) is 13.1 Å². The van der Waals surface area contributed by atoms with E-state index in [0.717, 1.165) is 85.3 Å². The minimum Gasteiger partial charge on any atom is -0.353 e. The molecule has 2 aliphatic carbocycles. The summed E-state index contributed by atoms with van der Waals surface area (Å²) < 4.78 is 62.2. The van der Waals surface area contributed by atoms with Gasteiger partial charge in [-0.25, -0.2) is 17.6 Å². The highest BCUT2D eigenvalue weighted by molar-refractivity contribution is 6.42. The number of halogens is 5. The zero-order chi connectivity index (χ0) is 59.4. The van der Waals surface area contributed by atoms with E-state index < -0.39 is 23.3 Å². The van der Waals surface area contributed by atoms with Crippen LogP contribution in [0.2, 0.25) is 0 Å². The van der Waals surface area contributed by atoms with Crippen molar-refractivity contribution in [2.45, 2.75) is 162 Å². The summed E-state index contributed by atoms with van der Waals surface area (Å²) in [6.45, 7) is 17.6. The standard InChI is InChI=1S/2C30H27F2N3O2.C9H18ClN/c2*1-15-4-3-5-16(2)34(15)10-11-35-22-9-7-18(32)13-20(22)26-28-24(37)14-23(36)27(28)25-19-12-17(31)6-8-21(19)33-29(25)30(26)35;1-8-4-3-5-9(2)11(8)7-6-10/h2*6-9,12-13,15-16,33H,3-5,10-11,14H2,1-2H3;8-9H,3-7H2,1-2H3/t2*15-,16+;8-,9+. The molecule has 7 heterocycles. The molecule has 6 atom stereocenters. The van der Waals surface area contributed by atoms with Crippen molar-refractivity contribution in [1.29, 1.82) is 0 Å². The van der Waals surface area contributed by atoms with Crippen molar-refractivity contribution in [1.82, 2.24) is 33.8 Å². The molecule has 10 aromatic rings. The number of aromatic nitrogens is 4. The van der Waals surface area contributed by atoms with Gasteiger partial charge in [0, 0.05) is 162 Å². The zero-order valence-corrected chi connectivity index (χ0v) is 49.9. The molecule has 0 amide bonds. The number of nitrogens with zero attached hydrogens (tertiary/aromatic N) is 5. The lowest BCUT2D eigenvalue weighted by molar-refractivity contribution is 0.0907. The number of aromatic amines is 2. The number of hydrogen-bond donors (Lipinski definition) is 2. The van der Waals surface area contributed by atoms with Crippen molar-refractivity contribution in [3.8, 4) is 0 Å². The van der Waals surface area contributed by atoms with Gasteiger partial charge < -0.3 is 19.1 Å². The molecule has 6 aromatic carbocycles. The van der Waals surface area contributed by atoms with Crippen LogP contribution in [0, 0.1) is 23.3 Å². The normalized spacial score (nSPS) is 22.5. The Morgan fingerprint density at radius 2 is 0.718 bits per heavy atom. The molecule has 442 valence electrons. The van der Waals surface area contributed by atoms with Crippen molar-refractivity contribution in [3.05, 3.63) is 118 Å².